The van der Waals surface area contributed by atoms with Gasteiger partial charge in [-0.15, -0.1) is 11.3 Å². The SMILES string of the molecule is Cc1nc2c(s1)CCN(C(=O)Cc1nc(-c3ccc(F)c(C)c3)cn1-c1ccccc1)CC2. The van der Waals surface area contributed by atoms with E-state index in [0.29, 0.717) is 24.5 Å². The molecule has 2 aromatic carbocycles. The lowest BCUT2D eigenvalue weighted by Crippen LogP contribution is -2.35. The molecule has 0 aliphatic carbocycles. The van der Waals surface area contributed by atoms with Crippen molar-refractivity contribution < 1.29 is 9.18 Å². The first kappa shape index (κ1) is 21.5. The van der Waals surface area contributed by atoms with Gasteiger partial charge in [-0.3, -0.25) is 4.79 Å². The maximum atomic E-state index is 13.8. The Morgan fingerprint density at radius 3 is 2.64 bits per heavy atom. The van der Waals surface area contributed by atoms with Crippen LogP contribution in [-0.4, -0.2) is 38.4 Å². The number of amides is 1. The van der Waals surface area contributed by atoms with Gasteiger partial charge in [0, 0.05) is 48.3 Å². The lowest BCUT2D eigenvalue weighted by Gasteiger charge is -2.20. The molecule has 0 bridgehead atoms. The van der Waals surface area contributed by atoms with Gasteiger partial charge in [0.1, 0.15) is 11.6 Å². The van der Waals surface area contributed by atoms with Crippen LogP contribution in [0.2, 0.25) is 0 Å². The molecule has 33 heavy (non-hydrogen) atoms. The molecule has 2 aromatic heterocycles. The van der Waals surface area contributed by atoms with E-state index in [-0.39, 0.29) is 18.1 Å². The number of hydrogen-bond donors (Lipinski definition) is 0. The maximum Gasteiger partial charge on any atom is 0.230 e. The van der Waals surface area contributed by atoms with Crippen LogP contribution in [0.1, 0.15) is 27.0 Å². The standard InChI is InChI=1S/C26H25FN4OS/c1-17-14-19(8-9-21(17)27)23-16-31(20-6-4-3-5-7-20)25(29-23)15-26(32)30-12-10-22-24(11-13-30)33-18(2)28-22/h3-9,14,16H,10-13,15H2,1-2H3. The van der Waals surface area contributed by atoms with Crippen molar-refractivity contribution in [2.75, 3.05) is 13.1 Å². The van der Waals surface area contributed by atoms with Crippen LogP contribution in [0.15, 0.2) is 54.7 Å². The van der Waals surface area contributed by atoms with Gasteiger partial charge in [-0.25, -0.2) is 14.4 Å². The van der Waals surface area contributed by atoms with E-state index < -0.39 is 0 Å². The normalized spacial score (nSPS) is 13.6. The van der Waals surface area contributed by atoms with Crippen LogP contribution in [0.25, 0.3) is 16.9 Å². The summed E-state index contributed by atoms with van der Waals surface area (Å²) in [4.78, 5) is 26.0. The van der Waals surface area contributed by atoms with Crippen LogP contribution in [-0.2, 0) is 24.1 Å². The van der Waals surface area contributed by atoms with Gasteiger partial charge in [-0.05, 0) is 49.7 Å². The predicted octanol–water partition coefficient (Wildman–Crippen LogP) is 4.92. The topological polar surface area (TPSA) is 51.0 Å². The average Bonchev–Trinajstić information content (AvgIpc) is 3.33. The highest BCUT2D eigenvalue weighted by molar-refractivity contribution is 7.11. The first-order chi connectivity index (χ1) is 16.0. The van der Waals surface area contributed by atoms with Crippen LogP contribution < -0.4 is 0 Å². The predicted molar refractivity (Wildman–Crippen MR) is 128 cm³/mol. The van der Waals surface area contributed by atoms with Crippen LogP contribution in [0.3, 0.4) is 0 Å². The van der Waals surface area contributed by atoms with Gasteiger partial charge in [0.05, 0.1) is 22.8 Å². The summed E-state index contributed by atoms with van der Waals surface area (Å²) in [5.41, 5.74) is 4.20. The van der Waals surface area contributed by atoms with Gasteiger partial charge in [0.15, 0.2) is 0 Å². The Kier molecular flexibility index (Phi) is 5.81. The summed E-state index contributed by atoms with van der Waals surface area (Å²) >= 11 is 1.73. The Morgan fingerprint density at radius 2 is 1.85 bits per heavy atom. The lowest BCUT2D eigenvalue weighted by molar-refractivity contribution is -0.130. The summed E-state index contributed by atoms with van der Waals surface area (Å²) in [7, 11) is 0. The molecule has 1 aliphatic rings. The van der Waals surface area contributed by atoms with Crippen LogP contribution in [0.4, 0.5) is 4.39 Å². The van der Waals surface area contributed by atoms with Crippen LogP contribution in [0.5, 0.6) is 0 Å². The van der Waals surface area contributed by atoms with E-state index in [4.69, 9.17) is 4.98 Å². The van der Waals surface area contributed by atoms with Crippen LogP contribution in [0, 0.1) is 19.7 Å². The highest BCUT2D eigenvalue weighted by atomic mass is 32.1. The molecule has 168 valence electrons. The molecule has 5 nitrogen and oxygen atoms in total. The van der Waals surface area contributed by atoms with Crippen molar-refractivity contribution in [2.45, 2.75) is 33.1 Å². The largest absolute Gasteiger partial charge is 0.342 e. The van der Waals surface area contributed by atoms with E-state index in [1.54, 1.807) is 30.4 Å². The lowest BCUT2D eigenvalue weighted by atomic mass is 10.1. The zero-order chi connectivity index (χ0) is 22.9. The summed E-state index contributed by atoms with van der Waals surface area (Å²) in [6.07, 6.45) is 3.77. The Balaban J connectivity index is 1.42. The smallest absolute Gasteiger partial charge is 0.230 e. The molecular weight excluding hydrogens is 435 g/mol. The van der Waals surface area contributed by atoms with E-state index in [1.807, 2.05) is 52.9 Å². The maximum absolute atomic E-state index is 13.8. The summed E-state index contributed by atoms with van der Waals surface area (Å²) in [5.74, 6) is 0.499. The van der Waals surface area contributed by atoms with Crippen molar-refractivity contribution in [1.82, 2.24) is 19.4 Å². The molecule has 0 spiro atoms. The second-order valence-corrected chi connectivity index (χ2v) is 9.66. The molecule has 0 saturated carbocycles. The number of nitrogens with zero attached hydrogens (tertiary/aromatic N) is 4. The first-order valence-corrected chi connectivity index (χ1v) is 11.9. The molecule has 1 amide bonds. The molecule has 0 saturated heterocycles. The second-order valence-electron chi connectivity index (χ2n) is 8.37. The number of para-hydroxylation sites is 1. The van der Waals surface area contributed by atoms with E-state index in [2.05, 4.69) is 4.98 Å². The average molecular weight is 461 g/mol. The molecule has 4 aromatic rings. The highest BCUT2D eigenvalue weighted by Crippen LogP contribution is 2.25. The number of carbonyl (C=O) groups is 1. The number of fused-ring (bicyclic) bond motifs is 1. The molecular formula is C26H25FN4OS. The summed E-state index contributed by atoms with van der Waals surface area (Å²) < 4.78 is 15.8. The van der Waals surface area contributed by atoms with E-state index >= 15 is 0 Å². The van der Waals surface area contributed by atoms with Crippen molar-refractivity contribution in [3.8, 4) is 16.9 Å². The van der Waals surface area contributed by atoms with Gasteiger partial charge in [0.2, 0.25) is 5.91 Å². The van der Waals surface area contributed by atoms with Crippen molar-refractivity contribution >= 4 is 17.2 Å². The fourth-order valence-electron chi connectivity index (χ4n) is 4.29. The number of aromatic nitrogens is 3. The zero-order valence-corrected chi connectivity index (χ0v) is 19.5. The van der Waals surface area contributed by atoms with Crippen molar-refractivity contribution in [3.05, 3.63) is 87.5 Å². The fourth-order valence-corrected chi connectivity index (χ4v) is 5.26. The van der Waals surface area contributed by atoms with Crippen molar-refractivity contribution in [3.63, 3.8) is 0 Å². The molecule has 0 fully saturated rings. The van der Waals surface area contributed by atoms with E-state index in [0.717, 1.165) is 40.5 Å². The number of thiazole rings is 1. The van der Waals surface area contributed by atoms with E-state index in [1.165, 1.54) is 10.9 Å². The highest BCUT2D eigenvalue weighted by Gasteiger charge is 2.23. The number of rotatable bonds is 4. The second kappa shape index (κ2) is 8.90. The van der Waals surface area contributed by atoms with E-state index in [9.17, 15) is 9.18 Å². The van der Waals surface area contributed by atoms with Gasteiger partial charge in [-0.2, -0.15) is 0 Å². The third kappa shape index (κ3) is 4.46. The number of carbonyl (C=O) groups excluding carboxylic acids is 1. The molecule has 1 aliphatic heterocycles. The third-order valence-corrected chi connectivity index (χ3v) is 7.11. The Morgan fingerprint density at radius 1 is 1.06 bits per heavy atom. The molecule has 3 heterocycles. The summed E-state index contributed by atoms with van der Waals surface area (Å²) in [5, 5.41) is 1.09. The Bertz CT molecular complexity index is 1290. The molecule has 0 radical (unpaired) electrons. The minimum absolute atomic E-state index is 0.0616. The first-order valence-electron chi connectivity index (χ1n) is 11.1. The molecule has 5 rings (SSSR count). The monoisotopic (exact) mass is 460 g/mol. The number of halogens is 1. The van der Waals surface area contributed by atoms with Gasteiger partial charge >= 0.3 is 0 Å². The van der Waals surface area contributed by atoms with Gasteiger partial charge in [0.25, 0.3) is 0 Å². The fraction of sp³-hybridized carbons (Fsp3) is 0.269. The number of benzene rings is 2. The van der Waals surface area contributed by atoms with Gasteiger partial charge < -0.3 is 9.47 Å². The molecule has 0 unspecified atom stereocenters. The van der Waals surface area contributed by atoms with Crippen molar-refractivity contribution in [1.29, 1.82) is 0 Å². The number of aryl methyl sites for hydroxylation is 2. The van der Waals surface area contributed by atoms with Crippen molar-refractivity contribution in [2.24, 2.45) is 0 Å². The Hall–Kier alpha value is -3.32. The molecule has 0 N–H and O–H groups in total. The molecule has 0 atom stereocenters. The summed E-state index contributed by atoms with van der Waals surface area (Å²) in [6.45, 7) is 5.15. The number of hydrogen-bond acceptors (Lipinski definition) is 4. The minimum Gasteiger partial charge on any atom is -0.342 e. The molecule has 7 heteroatoms. The third-order valence-electron chi connectivity index (χ3n) is 6.04. The number of imidazole rings is 1. The quantitative estimate of drug-likeness (QED) is 0.434. The van der Waals surface area contributed by atoms with Gasteiger partial charge in [-0.1, -0.05) is 18.2 Å². The summed E-state index contributed by atoms with van der Waals surface area (Å²) in [6, 6.07) is 14.9. The minimum atomic E-state index is -0.240. The Labute approximate surface area is 196 Å². The van der Waals surface area contributed by atoms with Crippen LogP contribution >= 0.6 is 11.3 Å². The zero-order valence-electron chi connectivity index (χ0n) is 18.7.